The van der Waals surface area contributed by atoms with E-state index < -0.39 is 11.7 Å². The van der Waals surface area contributed by atoms with E-state index in [4.69, 9.17) is 5.73 Å². The first kappa shape index (κ1) is 18.8. The molecule has 25 heavy (non-hydrogen) atoms. The summed E-state index contributed by atoms with van der Waals surface area (Å²) in [5.41, 5.74) is 8.48. The Bertz CT molecular complexity index is 729. The predicted molar refractivity (Wildman–Crippen MR) is 95.4 cm³/mol. The molecule has 0 amide bonds. The topological polar surface area (TPSA) is 29.3 Å². The Balaban J connectivity index is 2.15. The van der Waals surface area contributed by atoms with E-state index in [1.807, 2.05) is 48.4 Å². The third kappa shape index (κ3) is 4.97. The molecule has 2 rings (SSSR count). The maximum absolute atomic E-state index is 12.6. The minimum absolute atomic E-state index is 0.369. The summed E-state index contributed by atoms with van der Waals surface area (Å²) in [4.78, 5) is 1.97. The van der Waals surface area contributed by atoms with Gasteiger partial charge >= 0.3 is 6.18 Å². The molecular formula is C20H21F3N2. The average Bonchev–Trinajstić information content (AvgIpc) is 2.60. The first-order chi connectivity index (χ1) is 11.8. The van der Waals surface area contributed by atoms with Gasteiger partial charge < -0.3 is 10.6 Å². The van der Waals surface area contributed by atoms with Gasteiger partial charge in [-0.2, -0.15) is 13.2 Å². The van der Waals surface area contributed by atoms with Crippen molar-refractivity contribution >= 4 is 0 Å². The Hall–Kier alpha value is -2.53. The largest absolute Gasteiger partial charge is 0.416 e. The molecule has 0 aliphatic rings. The van der Waals surface area contributed by atoms with Crippen molar-refractivity contribution in [2.24, 2.45) is 5.73 Å². The highest BCUT2D eigenvalue weighted by Crippen LogP contribution is 2.31. The normalized spacial score (nSPS) is 11.7. The van der Waals surface area contributed by atoms with Crippen LogP contribution in [0.3, 0.4) is 0 Å². The molecule has 2 aromatic rings. The van der Waals surface area contributed by atoms with Gasteiger partial charge in [-0.25, -0.2) is 0 Å². The second-order valence-electron chi connectivity index (χ2n) is 5.65. The van der Waals surface area contributed by atoms with Crippen LogP contribution in [0.1, 0.15) is 18.1 Å². The van der Waals surface area contributed by atoms with Gasteiger partial charge in [0.25, 0.3) is 0 Å². The predicted octanol–water partition coefficient (Wildman–Crippen LogP) is 5.18. The third-order valence-electron chi connectivity index (χ3n) is 3.82. The molecule has 0 fully saturated rings. The van der Waals surface area contributed by atoms with Crippen molar-refractivity contribution in [3.63, 3.8) is 0 Å². The highest BCUT2D eigenvalue weighted by atomic mass is 19.4. The first-order valence-electron chi connectivity index (χ1n) is 7.89. The van der Waals surface area contributed by atoms with E-state index in [9.17, 15) is 13.2 Å². The molecule has 0 aliphatic heterocycles. The number of rotatable bonds is 6. The molecule has 0 aromatic heterocycles. The minimum Gasteiger partial charge on any atom is -0.347 e. The third-order valence-corrected chi connectivity index (χ3v) is 3.82. The number of hydrogen-bond donors (Lipinski definition) is 1. The maximum atomic E-state index is 12.6. The lowest BCUT2D eigenvalue weighted by atomic mass is 10.0. The fourth-order valence-corrected chi connectivity index (χ4v) is 2.42. The highest BCUT2D eigenvalue weighted by molar-refractivity contribution is 5.64. The summed E-state index contributed by atoms with van der Waals surface area (Å²) < 4.78 is 37.9. The number of benzene rings is 2. The van der Waals surface area contributed by atoms with Crippen LogP contribution >= 0.6 is 0 Å². The second-order valence-corrected chi connectivity index (χ2v) is 5.65. The summed E-state index contributed by atoms with van der Waals surface area (Å²) in [6.45, 7) is 6.86. The van der Waals surface area contributed by atoms with E-state index in [0.717, 1.165) is 34.5 Å². The summed E-state index contributed by atoms with van der Waals surface area (Å²) in [5.74, 6) is 0. The zero-order chi connectivity index (χ0) is 18.4. The van der Waals surface area contributed by atoms with Crippen molar-refractivity contribution in [2.45, 2.75) is 19.6 Å². The molecular weight excluding hydrogens is 325 g/mol. The van der Waals surface area contributed by atoms with Crippen molar-refractivity contribution < 1.29 is 13.2 Å². The fourth-order valence-electron chi connectivity index (χ4n) is 2.42. The molecule has 0 heterocycles. The Labute approximate surface area is 146 Å². The number of nitrogens with zero attached hydrogens (tertiary/aromatic N) is 1. The van der Waals surface area contributed by atoms with E-state index in [0.29, 0.717) is 13.1 Å². The fraction of sp³-hybridized carbons (Fsp3) is 0.200. The Morgan fingerprint density at radius 3 is 2.00 bits per heavy atom. The SMILES string of the molecule is C=C(CN)N(/C=C\C)Cc1ccc(-c2ccc(C(F)(F)F)cc2)cc1. The number of nitrogens with two attached hydrogens (primary N) is 1. The van der Waals surface area contributed by atoms with Gasteiger partial charge in [-0.15, -0.1) is 0 Å². The van der Waals surface area contributed by atoms with Gasteiger partial charge in [-0.05, 0) is 41.9 Å². The second kappa shape index (κ2) is 8.03. The maximum Gasteiger partial charge on any atom is 0.416 e. The van der Waals surface area contributed by atoms with E-state index in [1.54, 1.807) is 0 Å². The van der Waals surface area contributed by atoms with E-state index in [1.165, 1.54) is 12.1 Å². The van der Waals surface area contributed by atoms with Crippen LogP contribution in [0.2, 0.25) is 0 Å². The number of allylic oxidation sites excluding steroid dienone is 1. The molecule has 0 radical (unpaired) electrons. The molecule has 5 heteroatoms. The molecule has 0 aliphatic carbocycles. The summed E-state index contributed by atoms with van der Waals surface area (Å²) in [5, 5.41) is 0. The molecule has 2 N–H and O–H groups in total. The molecule has 132 valence electrons. The van der Waals surface area contributed by atoms with Crippen molar-refractivity contribution in [1.82, 2.24) is 4.90 Å². The van der Waals surface area contributed by atoms with Gasteiger partial charge in [-0.1, -0.05) is 49.1 Å². The lowest BCUT2D eigenvalue weighted by Crippen LogP contribution is -2.21. The first-order valence-corrected chi connectivity index (χ1v) is 7.89. The Morgan fingerprint density at radius 2 is 1.56 bits per heavy atom. The van der Waals surface area contributed by atoms with Crippen LogP contribution in [0, 0.1) is 0 Å². The quantitative estimate of drug-likeness (QED) is 0.781. The van der Waals surface area contributed by atoms with Gasteiger partial charge in [0.2, 0.25) is 0 Å². The summed E-state index contributed by atoms with van der Waals surface area (Å²) in [7, 11) is 0. The van der Waals surface area contributed by atoms with Crippen LogP contribution in [0.15, 0.2) is 73.1 Å². The van der Waals surface area contributed by atoms with Crippen molar-refractivity contribution in [3.8, 4) is 11.1 Å². The standard InChI is InChI=1S/C20H21F3N2/c1-3-12-25(15(2)13-24)14-16-4-6-17(7-5-16)18-8-10-19(11-9-18)20(21,22)23/h3-12H,2,13-14,24H2,1H3/b12-3-. The lowest BCUT2D eigenvalue weighted by Gasteiger charge is -2.22. The smallest absolute Gasteiger partial charge is 0.347 e. The molecule has 0 spiro atoms. The average molecular weight is 346 g/mol. The van der Waals surface area contributed by atoms with Gasteiger partial charge in [0, 0.05) is 18.8 Å². The van der Waals surface area contributed by atoms with Crippen molar-refractivity contribution in [1.29, 1.82) is 0 Å². The van der Waals surface area contributed by atoms with Crippen molar-refractivity contribution in [3.05, 3.63) is 84.2 Å². The summed E-state index contributed by atoms with van der Waals surface area (Å²) >= 11 is 0. The molecule has 0 saturated carbocycles. The van der Waals surface area contributed by atoms with Crippen LogP contribution < -0.4 is 5.73 Å². The molecule has 2 nitrogen and oxygen atoms in total. The van der Waals surface area contributed by atoms with Gasteiger partial charge in [-0.3, -0.25) is 0 Å². The highest BCUT2D eigenvalue weighted by Gasteiger charge is 2.29. The van der Waals surface area contributed by atoms with E-state index in [2.05, 4.69) is 6.58 Å². The van der Waals surface area contributed by atoms with Gasteiger partial charge in [0.05, 0.1) is 5.56 Å². The summed E-state index contributed by atoms with van der Waals surface area (Å²) in [6, 6.07) is 12.9. The molecule has 0 atom stereocenters. The zero-order valence-corrected chi connectivity index (χ0v) is 14.1. The molecule has 0 unspecified atom stereocenters. The van der Waals surface area contributed by atoms with Crippen LogP contribution in [-0.4, -0.2) is 11.4 Å². The summed E-state index contributed by atoms with van der Waals surface area (Å²) in [6.07, 6.45) is -0.486. The van der Waals surface area contributed by atoms with Gasteiger partial charge in [0.1, 0.15) is 0 Å². The molecule has 0 bridgehead atoms. The van der Waals surface area contributed by atoms with Gasteiger partial charge in [0.15, 0.2) is 0 Å². The minimum atomic E-state index is -4.32. The van der Waals surface area contributed by atoms with Crippen LogP contribution in [-0.2, 0) is 12.7 Å². The zero-order valence-electron chi connectivity index (χ0n) is 14.1. The van der Waals surface area contributed by atoms with E-state index >= 15 is 0 Å². The Morgan fingerprint density at radius 1 is 1.04 bits per heavy atom. The number of hydrogen-bond acceptors (Lipinski definition) is 2. The van der Waals surface area contributed by atoms with E-state index in [-0.39, 0.29) is 0 Å². The van der Waals surface area contributed by atoms with Crippen LogP contribution in [0.25, 0.3) is 11.1 Å². The van der Waals surface area contributed by atoms with Crippen LogP contribution in [0.5, 0.6) is 0 Å². The number of alkyl halides is 3. The molecule has 2 aromatic carbocycles. The molecule has 0 saturated heterocycles. The number of halogens is 3. The Kier molecular flexibility index (Phi) is 6.04. The lowest BCUT2D eigenvalue weighted by molar-refractivity contribution is -0.137. The monoisotopic (exact) mass is 346 g/mol. The van der Waals surface area contributed by atoms with Crippen molar-refractivity contribution in [2.75, 3.05) is 6.54 Å². The van der Waals surface area contributed by atoms with Crippen LogP contribution in [0.4, 0.5) is 13.2 Å².